The van der Waals surface area contributed by atoms with Crippen LogP contribution in [0.1, 0.15) is 21.5 Å². The third kappa shape index (κ3) is 4.81. The van der Waals surface area contributed by atoms with Gasteiger partial charge in [-0.2, -0.15) is 4.98 Å². The van der Waals surface area contributed by atoms with Crippen molar-refractivity contribution < 1.29 is 14.3 Å². The Morgan fingerprint density at radius 3 is 1.92 bits per heavy atom. The lowest BCUT2D eigenvalue weighted by atomic mass is 10.2. The molecule has 0 fully saturated rings. The van der Waals surface area contributed by atoms with Crippen LogP contribution in [0.2, 0.25) is 0 Å². The van der Waals surface area contributed by atoms with Crippen LogP contribution < -0.4 is 9.47 Å². The van der Waals surface area contributed by atoms with Gasteiger partial charge in [0.1, 0.15) is 13.2 Å². The Bertz CT molecular complexity index is 838. The molecule has 0 bridgehead atoms. The second kappa shape index (κ2) is 8.31. The van der Waals surface area contributed by atoms with Gasteiger partial charge in [0.05, 0.1) is 5.56 Å². The van der Waals surface area contributed by atoms with Crippen LogP contribution in [0, 0.1) is 0 Å². The molecular weight excluding hydrogens is 338 g/mol. The van der Waals surface area contributed by atoms with Gasteiger partial charge in [0.25, 0.3) is 5.24 Å². The summed E-state index contributed by atoms with van der Waals surface area (Å²) in [6.07, 6.45) is 0. The van der Waals surface area contributed by atoms with E-state index in [4.69, 9.17) is 21.1 Å². The number of pyridine rings is 1. The fraction of sp³-hybridized carbons (Fsp3) is 0.100. The molecule has 3 aromatic rings. The van der Waals surface area contributed by atoms with Crippen LogP contribution in [0.4, 0.5) is 0 Å². The fourth-order valence-corrected chi connectivity index (χ4v) is 2.36. The normalized spacial score (nSPS) is 10.3. The molecule has 5 heteroatoms. The van der Waals surface area contributed by atoms with Crippen LogP contribution in [-0.4, -0.2) is 10.2 Å². The number of benzene rings is 2. The van der Waals surface area contributed by atoms with Crippen molar-refractivity contribution in [3.8, 4) is 11.8 Å². The highest BCUT2D eigenvalue weighted by atomic mass is 35.5. The predicted octanol–water partition coefficient (Wildman–Crippen LogP) is 4.62. The van der Waals surface area contributed by atoms with Gasteiger partial charge in [0.15, 0.2) is 0 Å². The van der Waals surface area contributed by atoms with Crippen molar-refractivity contribution in [1.82, 2.24) is 4.98 Å². The largest absolute Gasteiger partial charge is 0.473 e. The van der Waals surface area contributed by atoms with Crippen LogP contribution in [0.15, 0.2) is 72.8 Å². The molecule has 2 aromatic carbocycles. The molecule has 0 saturated heterocycles. The van der Waals surface area contributed by atoms with E-state index in [2.05, 4.69) is 4.98 Å². The standard InChI is InChI=1S/C20H16ClNO3/c21-19(23)17-11-12-18(24-13-15-7-3-1-4-8-15)22-20(17)25-14-16-9-5-2-6-10-16/h1-12H,13-14H2. The Kier molecular flexibility index (Phi) is 5.65. The maximum atomic E-state index is 11.6. The van der Waals surface area contributed by atoms with Crippen molar-refractivity contribution in [3.63, 3.8) is 0 Å². The Balaban J connectivity index is 1.73. The summed E-state index contributed by atoms with van der Waals surface area (Å²) in [6.45, 7) is 0.660. The number of aromatic nitrogens is 1. The van der Waals surface area contributed by atoms with Crippen molar-refractivity contribution in [3.05, 3.63) is 89.5 Å². The second-order valence-electron chi connectivity index (χ2n) is 5.32. The van der Waals surface area contributed by atoms with Crippen molar-refractivity contribution in [2.75, 3.05) is 0 Å². The van der Waals surface area contributed by atoms with Crippen molar-refractivity contribution in [1.29, 1.82) is 0 Å². The van der Waals surface area contributed by atoms with E-state index in [1.165, 1.54) is 0 Å². The number of rotatable bonds is 7. The molecule has 1 aromatic heterocycles. The monoisotopic (exact) mass is 353 g/mol. The Labute approximate surface area is 151 Å². The Hall–Kier alpha value is -2.85. The number of hydrogen-bond acceptors (Lipinski definition) is 4. The number of nitrogens with zero attached hydrogens (tertiary/aromatic N) is 1. The van der Waals surface area contributed by atoms with E-state index >= 15 is 0 Å². The van der Waals surface area contributed by atoms with Crippen LogP contribution >= 0.6 is 11.6 Å². The summed E-state index contributed by atoms with van der Waals surface area (Å²) in [5, 5.41) is -0.620. The number of carbonyl (C=O) groups excluding carboxylic acids is 1. The lowest BCUT2D eigenvalue weighted by Gasteiger charge is -2.11. The molecule has 0 aliphatic heterocycles. The molecule has 0 spiro atoms. The zero-order chi connectivity index (χ0) is 17.5. The van der Waals surface area contributed by atoms with Gasteiger partial charge in [-0.15, -0.1) is 0 Å². The van der Waals surface area contributed by atoms with E-state index in [9.17, 15) is 4.79 Å². The summed E-state index contributed by atoms with van der Waals surface area (Å²) in [5.74, 6) is 0.531. The summed E-state index contributed by atoms with van der Waals surface area (Å²) in [5.41, 5.74) is 2.20. The highest BCUT2D eigenvalue weighted by Crippen LogP contribution is 2.23. The molecule has 0 N–H and O–H groups in total. The van der Waals surface area contributed by atoms with Gasteiger partial charge in [-0.05, 0) is 28.8 Å². The summed E-state index contributed by atoms with van der Waals surface area (Å²) in [7, 11) is 0. The van der Waals surface area contributed by atoms with Gasteiger partial charge >= 0.3 is 0 Å². The second-order valence-corrected chi connectivity index (χ2v) is 5.67. The van der Waals surface area contributed by atoms with Gasteiger partial charge in [0.2, 0.25) is 11.8 Å². The van der Waals surface area contributed by atoms with Crippen LogP contribution in [0.3, 0.4) is 0 Å². The van der Waals surface area contributed by atoms with Crippen molar-refractivity contribution in [2.45, 2.75) is 13.2 Å². The maximum Gasteiger partial charge on any atom is 0.257 e. The van der Waals surface area contributed by atoms with Crippen LogP contribution in [0.25, 0.3) is 0 Å². The molecule has 0 atom stereocenters. The summed E-state index contributed by atoms with van der Waals surface area (Å²) in [6, 6.07) is 22.5. The summed E-state index contributed by atoms with van der Waals surface area (Å²) < 4.78 is 11.4. The lowest BCUT2D eigenvalue weighted by molar-refractivity contribution is 0.107. The average Bonchev–Trinajstić information content (AvgIpc) is 2.66. The minimum Gasteiger partial charge on any atom is -0.473 e. The molecule has 0 amide bonds. The Morgan fingerprint density at radius 1 is 0.800 bits per heavy atom. The van der Waals surface area contributed by atoms with Crippen LogP contribution in [-0.2, 0) is 13.2 Å². The molecule has 0 aliphatic rings. The first-order chi connectivity index (χ1) is 12.2. The van der Waals surface area contributed by atoms with E-state index in [0.29, 0.717) is 12.5 Å². The molecule has 1 heterocycles. The molecular formula is C20H16ClNO3. The zero-order valence-electron chi connectivity index (χ0n) is 13.4. The van der Waals surface area contributed by atoms with Gasteiger partial charge < -0.3 is 9.47 Å². The minimum atomic E-state index is -0.620. The summed E-state index contributed by atoms with van der Waals surface area (Å²) in [4.78, 5) is 15.8. The predicted molar refractivity (Wildman–Crippen MR) is 96.0 cm³/mol. The topological polar surface area (TPSA) is 48.4 Å². The first kappa shape index (κ1) is 17.0. The van der Waals surface area contributed by atoms with Crippen molar-refractivity contribution in [2.24, 2.45) is 0 Å². The highest BCUT2D eigenvalue weighted by molar-refractivity contribution is 6.68. The van der Waals surface area contributed by atoms with Gasteiger partial charge in [-0.1, -0.05) is 60.7 Å². The van der Waals surface area contributed by atoms with Gasteiger partial charge in [-0.3, -0.25) is 4.79 Å². The molecule has 0 aliphatic carbocycles. The SMILES string of the molecule is O=C(Cl)c1ccc(OCc2ccccc2)nc1OCc1ccccc1. The van der Waals surface area contributed by atoms with E-state index in [1.54, 1.807) is 12.1 Å². The smallest absolute Gasteiger partial charge is 0.257 e. The molecule has 3 rings (SSSR count). The Morgan fingerprint density at radius 2 is 1.36 bits per heavy atom. The molecule has 126 valence electrons. The van der Waals surface area contributed by atoms with Gasteiger partial charge in [-0.25, -0.2) is 0 Å². The number of hydrogen-bond donors (Lipinski definition) is 0. The van der Waals surface area contributed by atoms with E-state index in [-0.39, 0.29) is 18.1 Å². The molecule has 0 unspecified atom stereocenters. The fourth-order valence-electron chi connectivity index (χ4n) is 2.22. The van der Waals surface area contributed by atoms with Crippen LogP contribution in [0.5, 0.6) is 11.8 Å². The van der Waals surface area contributed by atoms with E-state index in [0.717, 1.165) is 11.1 Å². The van der Waals surface area contributed by atoms with Crippen molar-refractivity contribution >= 4 is 16.8 Å². The molecule has 0 radical (unpaired) electrons. The zero-order valence-corrected chi connectivity index (χ0v) is 14.1. The quantitative estimate of drug-likeness (QED) is 0.581. The first-order valence-electron chi connectivity index (χ1n) is 7.77. The minimum absolute atomic E-state index is 0.161. The first-order valence-corrected chi connectivity index (χ1v) is 8.14. The molecule has 25 heavy (non-hydrogen) atoms. The third-order valence-electron chi connectivity index (χ3n) is 3.49. The maximum absolute atomic E-state index is 11.6. The summed E-state index contributed by atoms with van der Waals surface area (Å²) >= 11 is 5.62. The number of halogens is 1. The molecule has 4 nitrogen and oxygen atoms in total. The number of ether oxygens (including phenoxy) is 2. The molecule has 0 saturated carbocycles. The van der Waals surface area contributed by atoms with E-state index < -0.39 is 5.24 Å². The van der Waals surface area contributed by atoms with E-state index in [1.807, 2.05) is 60.7 Å². The average molecular weight is 354 g/mol. The number of carbonyl (C=O) groups is 1. The highest BCUT2D eigenvalue weighted by Gasteiger charge is 2.14. The van der Waals surface area contributed by atoms with Gasteiger partial charge in [0, 0.05) is 6.07 Å². The third-order valence-corrected chi connectivity index (χ3v) is 3.70. The lowest BCUT2D eigenvalue weighted by Crippen LogP contribution is -2.05.